The van der Waals surface area contributed by atoms with Crippen molar-refractivity contribution in [2.24, 2.45) is 0 Å². The van der Waals surface area contributed by atoms with Gasteiger partial charge in [0.1, 0.15) is 0 Å². The molecule has 4 rings (SSSR count). The smallest absolute Gasteiger partial charge is 0.334 e. The first-order valence-corrected chi connectivity index (χ1v) is 8.78. The number of benzene rings is 1. The van der Waals surface area contributed by atoms with Crippen LogP contribution >= 0.6 is 0 Å². The van der Waals surface area contributed by atoms with Crippen molar-refractivity contribution in [3.63, 3.8) is 0 Å². The minimum atomic E-state index is -0.868. The molecule has 1 spiro atoms. The third-order valence-electron chi connectivity index (χ3n) is 5.28. The van der Waals surface area contributed by atoms with Gasteiger partial charge < -0.3 is 9.84 Å². The summed E-state index contributed by atoms with van der Waals surface area (Å²) in [5.41, 5.74) is 2.87. The Labute approximate surface area is 147 Å². The van der Waals surface area contributed by atoms with E-state index in [2.05, 4.69) is 10.00 Å². The predicted molar refractivity (Wildman–Crippen MR) is 92.7 cm³/mol. The highest BCUT2D eigenvalue weighted by atomic mass is 16.5. The molecule has 1 aliphatic heterocycles. The number of morpholine rings is 1. The molecule has 1 saturated carbocycles. The molecule has 1 saturated heterocycles. The number of carboxylic acid groups (broad SMARTS) is 1. The summed E-state index contributed by atoms with van der Waals surface area (Å²) in [5.74, 6) is -0.868. The van der Waals surface area contributed by atoms with Gasteiger partial charge in [-0.15, -0.1) is 0 Å². The first-order valence-electron chi connectivity index (χ1n) is 8.78. The molecule has 1 N–H and O–H groups in total. The monoisotopic (exact) mass is 341 g/mol. The van der Waals surface area contributed by atoms with Gasteiger partial charge in [-0.25, -0.2) is 9.48 Å². The average molecular weight is 341 g/mol. The fourth-order valence-electron chi connectivity index (χ4n) is 3.78. The fraction of sp³-hybridized carbons (Fsp3) is 0.474. The number of rotatable bonds is 4. The van der Waals surface area contributed by atoms with Gasteiger partial charge in [0, 0.05) is 31.4 Å². The molecule has 6 heteroatoms. The van der Waals surface area contributed by atoms with Crippen molar-refractivity contribution < 1.29 is 14.6 Å². The molecule has 0 bridgehead atoms. The Hall–Kier alpha value is -2.18. The van der Waals surface area contributed by atoms with Crippen LogP contribution < -0.4 is 0 Å². The summed E-state index contributed by atoms with van der Waals surface area (Å²) in [4.78, 5) is 13.7. The molecule has 2 aromatic rings. The van der Waals surface area contributed by atoms with Gasteiger partial charge in [0.25, 0.3) is 0 Å². The van der Waals surface area contributed by atoms with Crippen LogP contribution in [0.4, 0.5) is 0 Å². The van der Waals surface area contributed by atoms with Crippen LogP contribution in [0.15, 0.2) is 36.5 Å². The Kier molecular flexibility index (Phi) is 4.09. The minimum Gasteiger partial charge on any atom is -0.479 e. The third-order valence-corrected chi connectivity index (χ3v) is 5.28. The van der Waals surface area contributed by atoms with E-state index in [0.717, 1.165) is 42.8 Å². The summed E-state index contributed by atoms with van der Waals surface area (Å²) < 4.78 is 7.77. The fourth-order valence-corrected chi connectivity index (χ4v) is 3.78. The Bertz CT molecular complexity index is 767. The highest BCUT2D eigenvalue weighted by Gasteiger charge is 2.47. The highest BCUT2D eigenvalue weighted by Crippen LogP contribution is 2.40. The van der Waals surface area contributed by atoms with Crippen molar-refractivity contribution in [2.75, 3.05) is 13.1 Å². The normalized spacial score (nSPS) is 22.7. The number of para-hydroxylation sites is 1. The zero-order chi connectivity index (χ0) is 17.4. The lowest BCUT2D eigenvalue weighted by atomic mass is 9.78. The number of hydrogen-bond donors (Lipinski definition) is 1. The van der Waals surface area contributed by atoms with E-state index in [4.69, 9.17) is 4.74 Å². The van der Waals surface area contributed by atoms with Crippen molar-refractivity contribution in [1.82, 2.24) is 14.7 Å². The van der Waals surface area contributed by atoms with Crippen molar-refractivity contribution in [3.8, 4) is 5.69 Å². The maximum atomic E-state index is 11.5. The zero-order valence-corrected chi connectivity index (χ0v) is 14.4. The number of aliphatic carboxylic acids is 1. The maximum absolute atomic E-state index is 11.5. The van der Waals surface area contributed by atoms with E-state index in [1.54, 1.807) is 0 Å². The second-order valence-corrected chi connectivity index (χ2v) is 7.17. The van der Waals surface area contributed by atoms with Crippen molar-refractivity contribution in [1.29, 1.82) is 0 Å². The van der Waals surface area contributed by atoms with E-state index in [1.807, 2.05) is 48.1 Å². The molecule has 1 aromatic carbocycles. The lowest BCUT2D eigenvalue weighted by molar-refractivity contribution is -0.206. The Morgan fingerprint density at radius 1 is 1.36 bits per heavy atom. The molecule has 2 aliphatic rings. The van der Waals surface area contributed by atoms with Gasteiger partial charge in [-0.1, -0.05) is 18.2 Å². The van der Waals surface area contributed by atoms with E-state index < -0.39 is 12.1 Å². The Morgan fingerprint density at radius 3 is 2.76 bits per heavy atom. The first kappa shape index (κ1) is 16.3. The molecule has 1 atom stereocenters. The van der Waals surface area contributed by atoms with E-state index in [9.17, 15) is 9.90 Å². The number of ether oxygens (including phenoxy) is 1. The van der Waals surface area contributed by atoms with Gasteiger partial charge in [-0.2, -0.15) is 5.10 Å². The molecule has 0 amide bonds. The van der Waals surface area contributed by atoms with Crippen molar-refractivity contribution in [2.45, 2.75) is 44.4 Å². The van der Waals surface area contributed by atoms with E-state index in [0.29, 0.717) is 13.1 Å². The SMILES string of the molecule is Cc1nn(-c2ccccc2)cc1CN1CC(C(=O)O)OC2(CCC2)C1. The van der Waals surface area contributed by atoms with Gasteiger partial charge in [0.2, 0.25) is 0 Å². The second kappa shape index (κ2) is 6.28. The largest absolute Gasteiger partial charge is 0.479 e. The molecule has 2 fully saturated rings. The standard InChI is InChI=1S/C19H23N3O3/c1-14-15(11-22(20-14)16-6-3-2-4-7-16)10-21-12-17(18(23)24)25-19(13-21)8-5-9-19/h2-4,6-7,11,17H,5,8-10,12-13H2,1H3,(H,23,24). The van der Waals surface area contributed by atoms with Gasteiger partial charge in [0.05, 0.1) is 17.0 Å². The van der Waals surface area contributed by atoms with Gasteiger partial charge in [0.15, 0.2) is 6.10 Å². The summed E-state index contributed by atoms with van der Waals surface area (Å²) in [7, 11) is 0. The molecule has 1 aliphatic carbocycles. The molecule has 132 valence electrons. The summed E-state index contributed by atoms with van der Waals surface area (Å²) >= 11 is 0. The summed E-state index contributed by atoms with van der Waals surface area (Å²) in [6, 6.07) is 10.0. The number of hydrogen-bond acceptors (Lipinski definition) is 4. The average Bonchev–Trinajstić information content (AvgIpc) is 2.95. The molecule has 25 heavy (non-hydrogen) atoms. The molecule has 2 heterocycles. The predicted octanol–water partition coefficient (Wildman–Crippen LogP) is 2.39. The van der Waals surface area contributed by atoms with Crippen LogP contribution in [0, 0.1) is 6.92 Å². The maximum Gasteiger partial charge on any atom is 0.334 e. The Morgan fingerprint density at radius 2 is 2.12 bits per heavy atom. The van der Waals surface area contributed by atoms with E-state index >= 15 is 0 Å². The van der Waals surface area contributed by atoms with E-state index in [1.165, 1.54) is 0 Å². The van der Waals surface area contributed by atoms with Crippen LogP contribution in [-0.2, 0) is 16.1 Å². The van der Waals surface area contributed by atoms with Crippen LogP contribution in [0.3, 0.4) is 0 Å². The molecule has 1 unspecified atom stereocenters. The van der Waals surface area contributed by atoms with Crippen molar-refractivity contribution in [3.05, 3.63) is 47.8 Å². The van der Waals surface area contributed by atoms with E-state index in [-0.39, 0.29) is 5.60 Å². The molecule has 6 nitrogen and oxygen atoms in total. The van der Waals surface area contributed by atoms with Crippen LogP contribution in [-0.4, -0.2) is 50.6 Å². The number of nitrogens with zero attached hydrogens (tertiary/aromatic N) is 3. The lowest BCUT2D eigenvalue weighted by Gasteiger charge is -2.50. The zero-order valence-electron chi connectivity index (χ0n) is 14.4. The van der Waals surface area contributed by atoms with Crippen LogP contribution in [0.1, 0.15) is 30.5 Å². The molecule has 1 aromatic heterocycles. The van der Waals surface area contributed by atoms with Crippen LogP contribution in [0.5, 0.6) is 0 Å². The number of aryl methyl sites for hydroxylation is 1. The van der Waals surface area contributed by atoms with Crippen LogP contribution in [0.25, 0.3) is 5.69 Å². The quantitative estimate of drug-likeness (QED) is 0.925. The topological polar surface area (TPSA) is 67.6 Å². The summed E-state index contributed by atoms with van der Waals surface area (Å²) in [6.45, 7) is 3.93. The molecular weight excluding hydrogens is 318 g/mol. The molecular formula is C19H23N3O3. The summed E-state index contributed by atoms with van der Waals surface area (Å²) in [6.07, 6.45) is 4.33. The highest BCUT2D eigenvalue weighted by molar-refractivity contribution is 5.72. The minimum absolute atomic E-state index is 0.259. The van der Waals surface area contributed by atoms with Crippen LogP contribution in [0.2, 0.25) is 0 Å². The third kappa shape index (κ3) is 3.19. The molecule has 0 radical (unpaired) electrons. The number of carboxylic acids is 1. The van der Waals surface area contributed by atoms with Gasteiger partial charge in [-0.05, 0) is 38.3 Å². The Balaban J connectivity index is 1.53. The summed E-state index contributed by atoms with van der Waals surface area (Å²) in [5, 5.41) is 14.0. The lowest BCUT2D eigenvalue weighted by Crippen LogP contribution is -2.60. The van der Waals surface area contributed by atoms with Crippen molar-refractivity contribution >= 4 is 5.97 Å². The van der Waals surface area contributed by atoms with Gasteiger partial charge >= 0.3 is 5.97 Å². The first-order chi connectivity index (χ1) is 12.0. The second-order valence-electron chi connectivity index (χ2n) is 7.17. The number of carbonyl (C=O) groups is 1. The number of aromatic nitrogens is 2. The van der Waals surface area contributed by atoms with Gasteiger partial charge in [-0.3, -0.25) is 4.90 Å².